The minimum Gasteiger partial charge on any atom is -0.394 e. The second kappa shape index (κ2) is 5.80. The second-order valence-electron chi connectivity index (χ2n) is 6.73. The number of rotatable bonds is 2. The topological polar surface area (TPSA) is 43.8 Å². The number of amides is 1. The van der Waals surface area contributed by atoms with Crippen LogP contribution in [0.4, 0.5) is 0 Å². The highest BCUT2D eigenvalue weighted by molar-refractivity contribution is 5.83. The summed E-state index contributed by atoms with van der Waals surface area (Å²) in [5.41, 5.74) is -0.0619. The van der Waals surface area contributed by atoms with Crippen molar-refractivity contribution >= 4 is 5.91 Å². The van der Waals surface area contributed by atoms with Crippen molar-refractivity contribution in [2.24, 2.45) is 0 Å². The van der Waals surface area contributed by atoms with Gasteiger partial charge in [0.25, 0.3) is 0 Å². The van der Waals surface area contributed by atoms with Crippen LogP contribution in [0.25, 0.3) is 0 Å². The number of hydrogen-bond donors (Lipinski definition) is 1. The molecule has 0 radical (unpaired) electrons. The van der Waals surface area contributed by atoms with Crippen LogP contribution in [0.3, 0.4) is 0 Å². The first-order chi connectivity index (χ1) is 8.97. The summed E-state index contributed by atoms with van der Waals surface area (Å²) in [7, 11) is 1.95. The summed E-state index contributed by atoms with van der Waals surface area (Å²) in [6.45, 7) is 5.02. The van der Waals surface area contributed by atoms with Crippen LogP contribution >= 0.6 is 0 Å². The molecular formula is C15H28N2O2. The fourth-order valence-electron chi connectivity index (χ4n) is 3.46. The summed E-state index contributed by atoms with van der Waals surface area (Å²) in [5.74, 6) is 0.122. The van der Waals surface area contributed by atoms with Gasteiger partial charge in [-0.25, -0.2) is 0 Å². The number of aliphatic hydroxyl groups excluding tert-OH is 1. The summed E-state index contributed by atoms with van der Waals surface area (Å²) < 4.78 is 0. The first-order valence-corrected chi connectivity index (χ1v) is 7.61. The summed E-state index contributed by atoms with van der Waals surface area (Å²) in [6, 6.07) is 0.0176. The quantitative estimate of drug-likeness (QED) is 0.774. The van der Waals surface area contributed by atoms with Crippen molar-refractivity contribution in [1.29, 1.82) is 0 Å². The highest BCUT2D eigenvalue weighted by atomic mass is 16.3. The van der Waals surface area contributed by atoms with Gasteiger partial charge in [-0.3, -0.25) is 9.69 Å². The normalized spacial score (nSPS) is 30.4. The van der Waals surface area contributed by atoms with Gasteiger partial charge in [0.2, 0.25) is 5.91 Å². The molecule has 4 heteroatoms. The minimum absolute atomic E-state index is 0.0619. The van der Waals surface area contributed by atoms with Crippen molar-refractivity contribution in [2.75, 3.05) is 20.2 Å². The van der Waals surface area contributed by atoms with E-state index in [9.17, 15) is 9.90 Å². The molecule has 1 saturated carbocycles. The Labute approximate surface area is 116 Å². The van der Waals surface area contributed by atoms with E-state index in [0.29, 0.717) is 6.04 Å². The summed E-state index contributed by atoms with van der Waals surface area (Å²) in [6.07, 6.45) is 7.31. The van der Waals surface area contributed by atoms with Gasteiger partial charge in [0.15, 0.2) is 0 Å². The maximum absolute atomic E-state index is 12.6. The molecule has 2 aliphatic rings. The molecule has 0 aromatic heterocycles. The molecule has 0 aromatic rings. The van der Waals surface area contributed by atoms with Crippen molar-refractivity contribution in [3.05, 3.63) is 0 Å². The van der Waals surface area contributed by atoms with Crippen LogP contribution in [0.2, 0.25) is 0 Å². The van der Waals surface area contributed by atoms with E-state index >= 15 is 0 Å². The van der Waals surface area contributed by atoms with Gasteiger partial charge in [0.05, 0.1) is 6.61 Å². The standard InChI is InChI=1S/C15H28N2O2/c1-15(2)11-17(12-8-6-4-5-7-9-12)14(19)13(10-18)16(15)3/h12-13,18H,4-11H2,1-3H3. The molecule has 0 bridgehead atoms. The van der Waals surface area contributed by atoms with Gasteiger partial charge in [-0.15, -0.1) is 0 Å². The molecule has 1 heterocycles. The number of aliphatic hydroxyl groups is 1. The van der Waals surface area contributed by atoms with Crippen LogP contribution in [0, 0.1) is 0 Å². The Balaban J connectivity index is 2.16. The third-order valence-electron chi connectivity index (χ3n) is 4.99. The van der Waals surface area contributed by atoms with Gasteiger partial charge in [-0.2, -0.15) is 0 Å². The van der Waals surface area contributed by atoms with E-state index in [1.165, 1.54) is 25.7 Å². The first kappa shape index (κ1) is 14.8. The third kappa shape index (κ3) is 2.95. The average Bonchev–Trinajstić information content (AvgIpc) is 2.64. The van der Waals surface area contributed by atoms with E-state index < -0.39 is 0 Å². The molecular weight excluding hydrogens is 240 g/mol. The fraction of sp³-hybridized carbons (Fsp3) is 0.933. The van der Waals surface area contributed by atoms with Gasteiger partial charge in [-0.05, 0) is 33.7 Å². The Morgan fingerprint density at radius 3 is 2.32 bits per heavy atom. The fourth-order valence-corrected chi connectivity index (χ4v) is 3.46. The zero-order valence-electron chi connectivity index (χ0n) is 12.6. The van der Waals surface area contributed by atoms with Gasteiger partial charge in [0.1, 0.15) is 6.04 Å². The molecule has 1 saturated heterocycles. The van der Waals surface area contributed by atoms with Crippen molar-refractivity contribution in [2.45, 2.75) is 70.0 Å². The van der Waals surface area contributed by atoms with Crippen LogP contribution < -0.4 is 0 Å². The molecule has 0 spiro atoms. The highest BCUT2D eigenvalue weighted by Gasteiger charge is 2.44. The predicted octanol–water partition coefficient (Wildman–Crippen LogP) is 1.62. The molecule has 1 amide bonds. The SMILES string of the molecule is CN1C(CO)C(=O)N(C2CCCCCC2)CC1(C)C. The maximum atomic E-state index is 12.6. The summed E-state index contributed by atoms with van der Waals surface area (Å²) in [4.78, 5) is 16.7. The van der Waals surface area contributed by atoms with Gasteiger partial charge < -0.3 is 10.0 Å². The lowest BCUT2D eigenvalue weighted by Crippen LogP contribution is -2.67. The number of carbonyl (C=O) groups excluding carboxylic acids is 1. The van der Waals surface area contributed by atoms with Crippen molar-refractivity contribution in [3.8, 4) is 0 Å². The Kier molecular flexibility index (Phi) is 4.51. The van der Waals surface area contributed by atoms with Crippen LogP contribution in [-0.2, 0) is 4.79 Å². The van der Waals surface area contributed by atoms with E-state index in [-0.39, 0.29) is 24.1 Å². The molecule has 19 heavy (non-hydrogen) atoms. The maximum Gasteiger partial charge on any atom is 0.242 e. The average molecular weight is 268 g/mol. The largest absolute Gasteiger partial charge is 0.394 e. The molecule has 1 aliphatic carbocycles. The van der Waals surface area contributed by atoms with E-state index in [0.717, 1.165) is 19.4 Å². The smallest absolute Gasteiger partial charge is 0.242 e. The molecule has 2 rings (SSSR count). The monoisotopic (exact) mass is 268 g/mol. The number of piperazine rings is 1. The molecule has 1 aliphatic heterocycles. The van der Waals surface area contributed by atoms with Gasteiger partial charge in [0, 0.05) is 18.1 Å². The molecule has 110 valence electrons. The Bertz CT molecular complexity index is 322. The number of nitrogens with zero attached hydrogens (tertiary/aromatic N) is 2. The summed E-state index contributed by atoms with van der Waals surface area (Å²) >= 11 is 0. The second-order valence-corrected chi connectivity index (χ2v) is 6.73. The highest BCUT2D eigenvalue weighted by Crippen LogP contribution is 2.30. The van der Waals surface area contributed by atoms with E-state index in [1.54, 1.807) is 0 Å². The predicted molar refractivity (Wildman–Crippen MR) is 75.9 cm³/mol. The lowest BCUT2D eigenvalue weighted by atomic mass is 9.92. The Morgan fingerprint density at radius 1 is 1.21 bits per heavy atom. The zero-order valence-corrected chi connectivity index (χ0v) is 12.6. The molecule has 1 unspecified atom stereocenters. The van der Waals surface area contributed by atoms with Gasteiger partial charge in [-0.1, -0.05) is 25.7 Å². The van der Waals surface area contributed by atoms with Crippen molar-refractivity contribution in [1.82, 2.24) is 9.80 Å². The molecule has 0 aromatic carbocycles. The molecule has 1 N–H and O–H groups in total. The van der Waals surface area contributed by atoms with Crippen LogP contribution in [0.15, 0.2) is 0 Å². The molecule has 1 atom stereocenters. The lowest BCUT2D eigenvalue weighted by molar-refractivity contribution is -0.154. The number of likely N-dealkylation sites (N-methyl/N-ethyl adjacent to an activating group) is 1. The zero-order chi connectivity index (χ0) is 14.0. The van der Waals surface area contributed by atoms with Crippen molar-refractivity contribution in [3.63, 3.8) is 0 Å². The summed E-state index contributed by atoms with van der Waals surface area (Å²) in [5, 5.41) is 9.55. The third-order valence-corrected chi connectivity index (χ3v) is 4.99. The van der Waals surface area contributed by atoms with Gasteiger partial charge >= 0.3 is 0 Å². The van der Waals surface area contributed by atoms with Crippen molar-refractivity contribution < 1.29 is 9.90 Å². The first-order valence-electron chi connectivity index (χ1n) is 7.61. The van der Waals surface area contributed by atoms with E-state index in [2.05, 4.69) is 18.7 Å². The van der Waals surface area contributed by atoms with Crippen LogP contribution in [0.5, 0.6) is 0 Å². The van der Waals surface area contributed by atoms with Crippen LogP contribution in [-0.4, -0.2) is 58.6 Å². The van der Waals surface area contributed by atoms with E-state index in [1.807, 2.05) is 11.9 Å². The Hall–Kier alpha value is -0.610. The number of hydrogen-bond acceptors (Lipinski definition) is 3. The number of carbonyl (C=O) groups is 1. The van der Waals surface area contributed by atoms with Crippen LogP contribution in [0.1, 0.15) is 52.4 Å². The molecule has 2 fully saturated rings. The molecule has 4 nitrogen and oxygen atoms in total. The minimum atomic E-state index is -0.369. The van der Waals surface area contributed by atoms with E-state index in [4.69, 9.17) is 0 Å². The Morgan fingerprint density at radius 2 is 1.79 bits per heavy atom. The lowest BCUT2D eigenvalue weighted by Gasteiger charge is -2.51.